The summed E-state index contributed by atoms with van der Waals surface area (Å²) in [6.07, 6.45) is 6.21. The van der Waals surface area contributed by atoms with E-state index in [0.29, 0.717) is 12.0 Å². The zero-order valence-electron chi connectivity index (χ0n) is 11.9. The van der Waals surface area contributed by atoms with Crippen LogP contribution in [0.3, 0.4) is 0 Å². The number of anilines is 1. The molecule has 104 valence electrons. The van der Waals surface area contributed by atoms with Crippen molar-refractivity contribution >= 4 is 11.6 Å². The molecule has 1 saturated carbocycles. The molecular weight excluding hydrogens is 236 g/mol. The number of aliphatic imine (C=N–C) groups is 1. The maximum absolute atomic E-state index is 5.59. The number of nitrogens with zero attached hydrogens (tertiary/aromatic N) is 1. The van der Waals surface area contributed by atoms with Crippen LogP contribution in [0.5, 0.6) is 0 Å². The van der Waals surface area contributed by atoms with Gasteiger partial charge in [0.25, 0.3) is 0 Å². The average molecular weight is 260 g/mol. The third kappa shape index (κ3) is 3.70. The first-order chi connectivity index (χ1) is 9.20. The Morgan fingerprint density at radius 3 is 2.37 bits per heavy atom. The fraction of sp³-hybridized carbons (Fsp3) is 0.533. The quantitative estimate of drug-likeness (QED) is 0.331. The van der Waals surface area contributed by atoms with Crippen molar-refractivity contribution < 1.29 is 0 Å². The maximum atomic E-state index is 5.59. The summed E-state index contributed by atoms with van der Waals surface area (Å²) in [6.45, 7) is 4.17. The van der Waals surface area contributed by atoms with Gasteiger partial charge in [-0.1, -0.05) is 37.5 Å². The topological polar surface area (TPSA) is 62.4 Å². The van der Waals surface area contributed by atoms with Crippen molar-refractivity contribution in [2.45, 2.75) is 52.0 Å². The SMILES string of the molecule is Cc1cccc(C)c1NC(=NC1CCCCC1)NN. The van der Waals surface area contributed by atoms with Crippen LogP contribution in [0.25, 0.3) is 0 Å². The van der Waals surface area contributed by atoms with E-state index in [1.807, 2.05) is 0 Å². The highest BCUT2D eigenvalue weighted by molar-refractivity contribution is 5.94. The summed E-state index contributed by atoms with van der Waals surface area (Å²) in [6, 6.07) is 6.63. The Morgan fingerprint density at radius 2 is 1.79 bits per heavy atom. The van der Waals surface area contributed by atoms with Gasteiger partial charge in [-0.15, -0.1) is 0 Å². The zero-order valence-corrected chi connectivity index (χ0v) is 11.9. The van der Waals surface area contributed by atoms with Gasteiger partial charge in [0.05, 0.1) is 6.04 Å². The lowest BCUT2D eigenvalue weighted by Gasteiger charge is -2.20. The second kappa shape index (κ2) is 6.57. The third-order valence-electron chi connectivity index (χ3n) is 3.75. The molecule has 0 saturated heterocycles. The van der Waals surface area contributed by atoms with Crippen molar-refractivity contribution in [1.82, 2.24) is 5.43 Å². The van der Waals surface area contributed by atoms with E-state index < -0.39 is 0 Å². The summed E-state index contributed by atoms with van der Waals surface area (Å²) >= 11 is 0. The largest absolute Gasteiger partial charge is 0.325 e. The number of hydrazine groups is 1. The zero-order chi connectivity index (χ0) is 13.7. The molecule has 0 spiro atoms. The molecule has 0 unspecified atom stereocenters. The van der Waals surface area contributed by atoms with Crippen LogP contribution in [-0.2, 0) is 0 Å². The highest BCUT2D eigenvalue weighted by atomic mass is 15.3. The minimum Gasteiger partial charge on any atom is -0.325 e. The van der Waals surface area contributed by atoms with E-state index in [4.69, 9.17) is 10.8 Å². The van der Waals surface area contributed by atoms with Gasteiger partial charge in [-0.05, 0) is 37.8 Å². The molecule has 0 amide bonds. The van der Waals surface area contributed by atoms with Gasteiger partial charge in [-0.2, -0.15) is 0 Å². The van der Waals surface area contributed by atoms with Crippen LogP contribution < -0.4 is 16.6 Å². The van der Waals surface area contributed by atoms with Gasteiger partial charge < -0.3 is 5.32 Å². The van der Waals surface area contributed by atoms with Crippen LogP contribution >= 0.6 is 0 Å². The predicted molar refractivity (Wildman–Crippen MR) is 81.2 cm³/mol. The number of nitrogens with one attached hydrogen (secondary N) is 2. The van der Waals surface area contributed by atoms with Gasteiger partial charge >= 0.3 is 0 Å². The minimum atomic E-state index is 0.400. The van der Waals surface area contributed by atoms with E-state index in [0.717, 1.165) is 5.69 Å². The number of benzene rings is 1. The molecule has 1 aromatic rings. The molecule has 1 fully saturated rings. The third-order valence-corrected chi connectivity index (χ3v) is 3.75. The smallest absolute Gasteiger partial charge is 0.210 e. The van der Waals surface area contributed by atoms with Crippen LogP contribution in [0.4, 0.5) is 5.69 Å². The standard InChI is InChI=1S/C15H24N4/c1-11-7-6-8-12(2)14(11)18-15(19-16)17-13-9-4-3-5-10-13/h6-8,13H,3-5,9-10,16H2,1-2H3,(H2,17,18,19). The molecule has 4 heteroatoms. The molecule has 2 rings (SSSR count). The summed E-state index contributed by atoms with van der Waals surface area (Å²) < 4.78 is 0. The Morgan fingerprint density at radius 1 is 1.16 bits per heavy atom. The Hall–Kier alpha value is -1.55. The van der Waals surface area contributed by atoms with Gasteiger partial charge in [0.15, 0.2) is 0 Å². The van der Waals surface area contributed by atoms with E-state index >= 15 is 0 Å². The first-order valence-electron chi connectivity index (χ1n) is 7.08. The average Bonchev–Trinajstić information content (AvgIpc) is 2.43. The molecule has 4 N–H and O–H groups in total. The predicted octanol–water partition coefficient (Wildman–Crippen LogP) is 2.87. The monoisotopic (exact) mass is 260 g/mol. The number of guanidine groups is 1. The molecule has 1 aromatic carbocycles. The van der Waals surface area contributed by atoms with Crippen LogP contribution in [0.2, 0.25) is 0 Å². The molecule has 0 aromatic heterocycles. The number of aryl methyl sites for hydroxylation is 2. The van der Waals surface area contributed by atoms with E-state index in [-0.39, 0.29) is 0 Å². The molecule has 1 aliphatic carbocycles. The Kier molecular flexibility index (Phi) is 4.80. The minimum absolute atomic E-state index is 0.400. The van der Waals surface area contributed by atoms with E-state index in [1.54, 1.807) is 0 Å². The van der Waals surface area contributed by atoms with Gasteiger partial charge in [0.2, 0.25) is 5.96 Å². The van der Waals surface area contributed by atoms with Crippen molar-refractivity contribution in [3.05, 3.63) is 29.3 Å². The molecule has 4 nitrogen and oxygen atoms in total. The van der Waals surface area contributed by atoms with E-state index in [1.165, 1.54) is 43.2 Å². The van der Waals surface area contributed by atoms with Crippen molar-refractivity contribution in [3.8, 4) is 0 Å². The Bertz CT molecular complexity index is 427. The lowest BCUT2D eigenvalue weighted by Crippen LogP contribution is -2.38. The normalized spacial score (nSPS) is 17.3. The molecule has 0 heterocycles. The molecule has 0 atom stereocenters. The highest BCUT2D eigenvalue weighted by Gasteiger charge is 2.13. The number of hydrogen-bond donors (Lipinski definition) is 3. The fourth-order valence-electron chi connectivity index (χ4n) is 2.63. The second-order valence-corrected chi connectivity index (χ2v) is 5.31. The molecule has 19 heavy (non-hydrogen) atoms. The summed E-state index contributed by atoms with van der Waals surface area (Å²) in [5.41, 5.74) is 6.18. The summed E-state index contributed by atoms with van der Waals surface area (Å²) in [7, 11) is 0. The van der Waals surface area contributed by atoms with E-state index in [9.17, 15) is 0 Å². The Labute approximate surface area is 115 Å². The van der Waals surface area contributed by atoms with E-state index in [2.05, 4.69) is 42.8 Å². The first kappa shape index (κ1) is 13.9. The van der Waals surface area contributed by atoms with Gasteiger partial charge in [0.1, 0.15) is 0 Å². The lowest BCUT2D eigenvalue weighted by atomic mass is 9.96. The van der Waals surface area contributed by atoms with Crippen molar-refractivity contribution in [1.29, 1.82) is 0 Å². The number of hydrogen-bond acceptors (Lipinski definition) is 2. The first-order valence-corrected chi connectivity index (χ1v) is 7.08. The van der Waals surface area contributed by atoms with Crippen molar-refractivity contribution in [2.75, 3.05) is 5.32 Å². The molecular formula is C15H24N4. The molecule has 0 radical (unpaired) electrons. The highest BCUT2D eigenvalue weighted by Crippen LogP contribution is 2.22. The number of rotatable bonds is 2. The maximum Gasteiger partial charge on any atom is 0.210 e. The summed E-state index contributed by atoms with van der Waals surface area (Å²) in [4.78, 5) is 4.70. The molecule has 0 aliphatic heterocycles. The van der Waals surface area contributed by atoms with Crippen LogP contribution in [0.1, 0.15) is 43.2 Å². The van der Waals surface area contributed by atoms with Gasteiger partial charge in [-0.25, -0.2) is 10.8 Å². The molecule has 1 aliphatic rings. The van der Waals surface area contributed by atoms with Gasteiger partial charge in [-0.3, -0.25) is 5.43 Å². The lowest BCUT2D eigenvalue weighted by molar-refractivity contribution is 0.442. The molecule has 0 bridgehead atoms. The van der Waals surface area contributed by atoms with Crippen LogP contribution in [-0.4, -0.2) is 12.0 Å². The van der Waals surface area contributed by atoms with Crippen LogP contribution in [0, 0.1) is 13.8 Å². The van der Waals surface area contributed by atoms with Gasteiger partial charge in [0, 0.05) is 5.69 Å². The summed E-state index contributed by atoms with van der Waals surface area (Å²) in [5.74, 6) is 6.27. The van der Waals surface area contributed by atoms with Crippen molar-refractivity contribution in [3.63, 3.8) is 0 Å². The second-order valence-electron chi connectivity index (χ2n) is 5.31. The fourth-order valence-corrected chi connectivity index (χ4v) is 2.63. The van der Waals surface area contributed by atoms with Crippen LogP contribution in [0.15, 0.2) is 23.2 Å². The number of para-hydroxylation sites is 1. The Balaban J connectivity index is 2.12. The number of nitrogens with two attached hydrogens (primary N) is 1. The van der Waals surface area contributed by atoms with Crippen molar-refractivity contribution in [2.24, 2.45) is 10.8 Å². The summed E-state index contributed by atoms with van der Waals surface area (Å²) in [5, 5.41) is 3.33.